The molecule has 98 valence electrons. The molecule has 0 aromatic heterocycles. The number of alkyl halides is 3. The first kappa shape index (κ1) is 16.3. The molecule has 0 atom stereocenters. The third kappa shape index (κ3) is 11.6. The molecule has 1 rings (SSSR count). The predicted octanol–water partition coefficient (Wildman–Crippen LogP) is 4.02. The van der Waals surface area contributed by atoms with Crippen molar-refractivity contribution in [3.8, 4) is 5.75 Å². The van der Waals surface area contributed by atoms with Gasteiger partial charge in [-0.25, -0.2) is 0 Å². The summed E-state index contributed by atoms with van der Waals surface area (Å²) in [4.78, 5) is 0. The summed E-state index contributed by atoms with van der Waals surface area (Å²) in [6, 6.07) is 7.96. The molecule has 0 aliphatic rings. The Morgan fingerprint density at radius 2 is 1.94 bits per heavy atom. The van der Waals surface area contributed by atoms with Crippen molar-refractivity contribution in [2.24, 2.45) is 0 Å². The van der Waals surface area contributed by atoms with Gasteiger partial charge >= 0.3 is 6.61 Å². The number of halogens is 3. The molecule has 0 heterocycles. The lowest BCUT2D eigenvalue weighted by Gasteiger charge is -2.01. The van der Waals surface area contributed by atoms with Gasteiger partial charge in [-0.3, -0.25) is 0 Å². The van der Waals surface area contributed by atoms with Crippen molar-refractivity contribution in [2.45, 2.75) is 26.4 Å². The summed E-state index contributed by atoms with van der Waals surface area (Å²) >= 11 is 3.27. The lowest BCUT2D eigenvalue weighted by atomic mass is 10.3. The van der Waals surface area contributed by atoms with Gasteiger partial charge in [0.05, 0.1) is 5.45 Å². The van der Waals surface area contributed by atoms with Crippen LogP contribution in [0.2, 0.25) is 0 Å². The summed E-state index contributed by atoms with van der Waals surface area (Å²) in [7, 11) is 0. The van der Waals surface area contributed by atoms with Gasteiger partial charge in [-0.2, -0.15) is 8.78 Å². The number of ether oxygens (including phenoxy) is 1. The fourth-order valence-corrected chi connectivity index (χ4v) is 1.25. The molecule has 0 saturated heterocycles. The summed E-state index contributed by atoms with van der Waals surface area (Å²) in [6.45, 7) is 0.597. The zero-order chi connectivity index (χ0) is 12.9. The van der Waals surface area contributed by atoms with Crippen LogP contribution >= 0.6 is 15.9 Å². The molecule has 0 saturated carbocycles. The largest absolute Gasteiger partial charge is 0.435 e. The lowest BCUT2D eigenvalue weighted by molar-refractivity contribution is -0.0498. The minimum absolute atomic E-state index is 0.192. The van der Waals surface area contributed by atoms with E-state index < -0.39 is 6.61 Å². The Balaban J connectivity index is 0.000000325. The third-order valence-corrected chi connectivity index (χ3v) is 2.17. The molecule has 0 amide bonds. The highest BCUT2D eigenvalue weighted by molar-refractivity contribution is 9.09. The van der Waals surface area contributed by atoms with Crippen LogP contribution < -0.4 is 10.1 Å². The quantitative estimate of drug-likeness (QED) is 0.487. The average Bonchev–Trinajstić information content (AvgIpc) is 2.31. The molecule has 0 aliphatic heterocycles. The fourth-order valence-electron chi connectivity index (χ4n) is 0.971. The number of hydrogen-bond acceptors (Lipinski definition) is 2. The first-order chi connectivity index (χ1) is 8.20. The smallest absolute Gasteiger partial charge is 0.387 e. The van der Waals surface area contributed by atoms with E-state index in [1.807, 2.05) is 0 Å². The average molecular weight is 310 g/mol. The van der Waals surface area contributed by atoms with Crippen molar-refractivity contribution in [2.75, 3.05) is 12.0 Å². The second-order valence-corrected chi connectivity index (χ2v) is 3.74. The minimum Gasteiger partial charge on any atom is -0.435 e. The molecule has 1 aromatic carbocycles. The highest BCUT2D eigenvalue weighted by Gasteiger charge is 2.01. The van der Waals surface area contributed by atoms with Gasteiger partial charge < -0.3 is 10.1 Å². The van der Waals surface area contributed by atoms with E-state index >= 15 is 0 Å². The van der Waals surface area contributed by atoms with Gasteiger partial charge in [0.25, 0.3) is 0 Å². The van der Waals surface area contributed by atoms with E-state index in [1.165, 1.54) is 25.0 Å². The lowest BCUT2D eigenvalue weighted by Crippen LogP contribution is -2.11. The second-order valence-electron chi connectivity index (χ2n) is 3.18. The van der Waals surface area contributed by atoms with Crippen LogP contribution in [0.15, 0.2) is 30.3 Å². The Hall–Kier alpha value is -0.680. The first-order valence-electron chi connectivity index (χ1n) is 5.47. The summed E-state index contributed by atoms with van der Waals surface area (Å²) in [5, 5.41) is 3.17. The molecular weight excluding hydrogens is 292 g/mol. The molecule has 0 fully saturated rings. The van der Waals surface area contributed by atoms with Crippen molar-refractivity contribution in [1.82, 2.24) is 5.32 Å². The first-order valence-corrected chi connectivity index (χ1v) is 6.59. The maximum Gasteiger partial charge on any atom is 0.387 e. The number of rotatable bonds is 6. The number of hydrogen-bond donors (Lipinski definition) is 1. The number of benzene rings is 1. The molecule has 0 unspecified atom stereocenters. The second kappa shape index (κ2) is 11.8. The van der Waals surface area contributed by atoms with Crippen molar-refractivity contribution < 1.29 is 13.5 Å². The van der Waals surface area contributed by atoms with E-state index in [0.29, 0.717) is 0 Å². The van der Waals surface area contributed by atoms with Crippen molar-refractivity contribution in [1.29, 1.82) is 0 Å². The fraction of sp³-hybridized carbons (Fsp3) is 0.500. The summed E-state index contributed by atoms with van der Waals surface area (Å²) in [5.41, 5.74) is 0.924. The van der Waals surface area contributed by atoms with Gasteiger partial charge in [0.15, 0.2) is 0 Å². The van der Waals surface area contributed by atoms with Crippen molar-refractivity contribution >= 4 is 15.9 Å². The molecule has 0 spiro atoms. The molecular formula is C12H18BrF2NO. The molecule has 17 heavy (non-hydrogen) atoms. The van der Waals surface area contributed by atoms with E-state index in [1.54, 1.807) is 18.2 Å². The standard InChI is InChI=1S/C7H6F2O.C5H12BrN/c8-7(9)10-6-4-2-1-3-5-6;1-2-3-4-7-5-6/h1-5,7H;7H,2-5H2,1H3. The summed E-state index contributed by atoms with van der Waals surface area (Å²) in [6.07, 6.45) is 2.56. The molecule has 0 aliphatic carbocycles. The van der Waals surface area contributed by atoms with Gasteiger partial charge in [-0.05, 0) is 25.1 Å². The summed E-state index contributed by atoms with van der Waals surface area (Å²) < 4.78 is 27.1. The molecule has 0 radical (unpaired) electrons. The number of para-hydroxylation sites is 1. The van der Waals surface area contributed by atoms with Gasteiger partial charge in [0, 0.05) is 0 Å². The predicted molar refractivity (Wildman–Crippen MR) is 69.8 cm³/mol. The van der Waals surface area contributed by atoms with Gasteiger partial charge in [-0.1, -0.05) is 47.5 Å². The van der Waals surface area contributed by atoms with E-state index in [9.17, 15) is 8.78 Å². The summed E-state index contributed by atoms with van der Waals surface area (Å²) in [5.74, 6) is 0.192. The van der Waals surface area contributed by atoms with Crippen molar-refractivity contribution in [3.05, 3.63) is 30.3 Å². The van der Waals surface area contributed by atoms with Crippen LogP contribution in [-0.4, -0.2) is 18.6 Å². The van der Waals surface area contributed by atoms with E-state index in [-0.39, 0.29) is 5.75 Å². The Labute approximate surface area is 109 Å². The highest BCUT2D eigenvalue weighted by atomic mass is 79.9. The van der Waals surface area contributed by atoms with Gasteiger partial charge in [0.1, 0.15) is 5.75 Å². The van der Waals surface area contributed by atoms with Crippen LogP contribution in [0.4, 0.5) is 8.78 Å². The Kier molecular flexibility index (Phi) is 11.3. The minimum atomic E-state index is -2.73. The Morgan fingerprint density at radius 3 is 2.41 bits per heavy atom. The van der Waals surface area contributed by atoms with Gasteiger partial charge in [-0.15, -0.1) is 0 Å². The molecule has 5 heteroatoms. The van der Waals surface area contributed by atoms with Crippen LogP contribution in [-0.2, 0) is 0 Å². The van der Waals surface area contributed by atoms with Crippen LogP contribution in [0.1, 0.15) is 19.8 Å². The maximum absolute atomic E-state index is 11.5. The van der Waals surface area contributed by atoms with Crippen LogP contribution in [0, 0.1) is 0 Å². The molecule has 1 N–H and O–H groups in total. The topological polar surface area (TPSA) is 21.3 Å². The highest BCUT2D eigenvalue weighted by Crippen LogP contribution is 2.11. The molecule has 1 aromatic rings. The zero-order valence-corrected chi connectivity index (χ0v) is 11.4. The Bertz CT molecular complexity index is 256. The van der Waals surface area contributed by atoms with E-state index in [0.717, 1.165) is 12.0 Å². The van der Waals surface area contributed by atoms with Gasteiger partial charge in [0.2, 0.25) is 0 Å². The molecule has 2 nitrogen and oxygen atoms in total. The number of unbranched alkanes of at least 4 members (excludes halogenated alkanes) is 1. The van der Waals surface area contributed by atoms with E-state index in [4.69, 9.17) is 0 Å². The third-order valence-electron chi connectivity index (χ3n) is 1.77. The Morgan fingerprint density at radius 1 is 1.29 bits per heavy atom. The van der Waals surface area contributed by atoms with E-state index in [2.05, 4.69) is 32.9 Å². The number of nitrogens with one attached hydrogen (secondary N) is 1. The van der Waals surface area contributed by atoms with Crippen LogP contribution in [0.25, 0.3) is 0 Å². The van der Waals surface area contributed by atoms with Crippen LogP contribution in [0.3, 0.4) is 0 Å². The SMILES string of the molecule is CCCCNCBr.FC(F)Oc1ccccc1. The molecule has 0 bridgehead atoms. The normalized spacial score (nSPS) is 9.71. The van der Waals surface area contributed by atoms with Crippen LogP contribution in [0.5, 0.6) is 5.75 Å². The zero-order valence-electron chi connectivity index (χ0n) is 9.83. The maximum atomic E-state index is 11.5. The monoisotopic (exact) mass is 309 g/mol. The van der Waals surface area contributed by atoms with Crippen molar-refractivity contribution in [3.63, 3.8) is 0 Å².